The van der Waals surface area contributed by atoms with E-state index >= 15 is 0 Å². The maximum Gasteiger partial charge on any atom is 0.337 e. The fourth-order valence-electron chi connectivity index (χ4n) is 1.71. The van der Waals surface area contributed by atoms with E-state index in [-0.39, 0.29) is 5.97 Å². The lowest BCUT2D eigenvalue weighted by atomic mass is 10.2. The Morgan fingerprint density at radius 2 is 2.05 bits per heavy atom. The number of methoxy groups -OCH3 is 1. The third kappa shape index (κ3) is 3.81. The third-order valence-electron chi connectivity index (χ3n) is 2.73. The number of thiazole rings is 1. The zero-order chi connectivity index (χ0) is 14.4. The van der Waals surface area contributed by atoms with Crippen LogP contribution in [0.15, 0.2) is 29.6 Å². The molecule has 4 nitrogen and oxygen atoms in total. The number of nitrogens with zero attached hydrogens (tertiary/aromatic N) is 1. The maximum atomic E-state index is 11.3. The highest BCUT2D eigenvalue weighted by atomic mass is 32.1. The van der Waals surface area contributed by atoms with E-state index in [4.69, 9.17) is 4.74 Å². The van der Waals surface area contributed by atoms with Gasteiger partial charge in [0.1, 0.15) is 12.4 Å². The van der Waals surface area contributed by atoms with Crippen LogP contribution >= 0.6 is 11.3 Å². The molecule has 0 aliphatic carbocycles. The minimum atomic E-state index is -0.347. The van der Waals surface area contributed by atoms with E-state index in [2.05, 4.69) is 16.6 Å². The normalized spacial score (nSPS) is 10.3. The van der Waals surface area contributed by atoms with Crippen molar-refractivity contribution >= 4 is 17.3 Å². The van der Waals surface area contributed by atoms with Gasteiger partial charge in [0.05, 0.1) is 23.4 Å². The Morgan fingerprint density at radius 3 is 2.70 bits per heavy atom. The summed E-state index contributed by atoms with van der Waals surface area (Å²) < 4.78 is 10.3. The molecule has 1 aromatic carbocycles. The summed E-state index contributed by atoms with van der Waals surface area (Å²) in [5, 5.41) is 3.17. The quantitative estimate of drug-likeness (QED) is 0.765. The van der Waals surface area contributed by atoms with Crippen LogP contribution in [0, 0.1) is 0 Å². The van der Waals surface area contributed by atoms with Gasteiger partial charge in [-0.3, -0.25) is 0 Å². The number of benzene rings is 1. The van der Waals surface area contributed by atoms with Crippen LogP contribution in [0.5, 0.6) is 5.75 Å². The monoisotopic (exact) mass is 291 g/mol. The molecule has 106 valence electrons. The second-order valence-corrected chi connectivity index (χ2v) is 5.23. The second kappa shape index (κ2) is 7.05. The topological polar surface area (TPSA) is 48.4 Å². The zero-order valence-electron chi connectivity index (χ0n) is 11.6. The van der Waals surface area contributed by atoms with Crippen molar-refractivity contribution in [2.24, 2.45) is 0 Å². The number of carbonyl (C=O) groups is 1. The van der Waals surface area contributed by atoms with Gasteiger partial charge in [0.15, 0.2) is 0 Å². The number of ether oxygens (including phenoxy) is 2. The van der Waals surface area contributed by atoms with Crippen molar-refractivity contribution in [3.8, 4) is 5.75 Å². The molecule has 5 heteroatoms. The van der Waals surface area contributed by atoms with Gasteiger partial charge >= 0.3 is 5.97 Å². The van der Waals surface area contributed by atoms with E-state index in [9.17, 15) is 4.79 Å². The molecule has 2 rings (SSSR count). The average molecular weight is 291 g/mol. The first-order chi connectivity index (χ1) is 9.72. The molecule has 2 aromatic rings. The van der Waals surface area contributed by atoms with Gasteiger partial charge in [0.25, 0.3) is 0 Å². The highest BCUT2D eigenvalue weighted by Crippen LogP contribution is 2.16. The van der Waals surface area contributed by atoms with Crippen LogP contribution in [-0.2, 0) is 17.8 Å². The fourth-order valence-corrected chi connectivity index (χ4v) is 2.59. The van der Waals surface area contributed by atoms with E-state index in [0.29, 0.717) is 17.9 Å². The first kappa shape index (κ1) is 14.5. The van der Waals surface area contributed by atoms with Gasteiger partial charge in [0, 0.05) is 5.38 Å². The molecular weight excluding hydrogens is 274 g/mol. The number of hydrogen-bond acceptors (Lipinski definition) is 5. The van der Waals surface area contributed by atoms with Gasteiger partial charge in [-0.05, 0) is 37.1 Å². The van der Waals surface area contributed by atoms with Crippen LogP contribution < -0.4 is 4.74 Å². The van der Waals surface area contributed by atoms with Crippen molar-refractivity contribution in [2.45, 2.75) is 26.4 Å². The second-order valence-electron chi connectivity index (χ2n) is 4.29. The summed E-state index contributed by atoms with van der Waals surface area (Å²) in [7, 11) is 1.36. The number of carbonyl (C=O) groups excluding carboxylic acids is 1. The van der Waals surface area contributed by atoms with Crippen molar-refractivity contribution < 1.29 is 14.3 Å². The van der Waals surface area contributed by atoms with E-state index in [1.807, 2.05) is 5.38 Å². The Kier molecular flexibility index (Phi) is 5.12. The minimum absolute atomic E-state index is 0.347. The molecule has 0 saturated carbocycles. The number of aromatic nitrogens is 1. The molecule has 0 fully saturated rings. The van der Waals surface area contributed by atoms with Gasteiger partial charge in [-0.25, -0.2) is 9.78 Å². The van der Waals surface area contributed by atoms with Crippen molar-refractivity contribution in [1.82, 2.24) is 4.98 Å². The summed E-state index contributed by atoms with van der Waals surface area (Å²) in [5.41, 5.74) is 1.45. The Hall–Kier alpha value is -1.88. The van der Waals surface area contributed by atoms with Gasteiger partial charge in [-0.1, -0.05) is 6.92 Å². The molecule has 1 heterocycles. The number of esters is 1. The number of hydrogen-bond donors (Lipinski definition) is 0. The molecule has 0 saturated heterocycles. The van der Waals surface area contributed by atoms with Crippen LogP contribution in [0.3, 0.4) is 0 Å². The lowest BCUT2D eigenvalue weighted by molar-refractivity contribution is 0.0600. The summed E-state index contributed by atoms with van der Waals surface area (Å²) in [6, 6.07) is 6.88. The minimum Gasteiger partial charge on any atom is -0.487 e. The SMILES string of the molecule is CCCc1nc(COc2ccc(C(=O)OC)cc2)cs1. The summed E-state index contributed by atoms with van der Waals surface area (Å²) >= 11 is 1.67. The standard InChI is InChI=1S/C15H17NO3S/c1-3-4-14-16-12(10-20-14)9-19-13-7-5-11(6-8-13)15(17)18-2/h5-8,10H,3-4,9H2,1-2H3. The van der Waals surface area contributed by atoms with E-state index < -0.39 is 0 Å². The highest BCUT2D eigenvalue weighted by Gasteiger charge is 2.06. The third-order valence-corrected chi connectivity index (χ3v) is 3.68. The maximum absolute atomic E-state index is 11.3. The molecule has 0 radical (unpaired) electrons. The number of rotatable bonds is 6. The zero-order valence-corrected chi connectivity index (χ0v) is 12.4. The molecule has 0 amide bonds. The lowest BCUT2D eigenvalue weighted by Crippen LogP contribution is -2.01. The van der Waals surface area contributed by atoms with Crippen LogP contribution in [-0.4, -0.2) is 18.1 Å². The molecule has 0 aliphatic heterocycles. The molecule has 0 bridgehead atoms. The molecule has 20 heavy (non-hydrogen) atoms. The van der Waals surface area contributed by atoms with E-state index in [1.54, 1.807) is 35.6 Å². The Balaban J connectivity index is 1.91. The van der Waals surface area contributed by atoms with Crippen LogP contribution in [0.2, 0.25) is 0 Å². The Labute approximate surface area is 122 Å². The molecule has 0 unspecified atom stereocenters. The Bertz CT molecular complexity index is 563. The smallest absolute Gasteiger partial charge is 0.337 e. The van der Waals surface area contributed by atoms with Crippen molar-refractivity contribution in [3.05, 3.63) is 45.9 Å². The average Bonchev–Trinajstić information content (AvgIpc) is 2.93. The molecule has 1 aromatic heterocycles. The van der Waals surface area contributed by atoms with Gasteiger partial charge < -0.3 is 9.47 Å². The summed E-state index contributed by atoms with van der Waals surface area (Å²) in [6.07, 6.45) is 2.11. The Morgan fingerprint density at radius 1 is 1.30 bits per heavy atom. The fraction of sp³-hybridized carbons (Fsp3) is 0.333. The van der Waals surface area contributed by atoms with Gasteiger partial charge in [-0.2, -0.15) is 0 Å². The molecule has 0 atom stereocenters. The summed E-state index contributed by atoms with van der Waals surface area (Å²) in [5.74, 6) is 0.364. The highest BCUT2D eigenvalue weighted by molar-refractivity contribution is 7.09. The molecule has 0 spiro atoms. The van der Waals surface area contributed by atoms with Crippen molar-refractivity contribution in [3.63, 3.8) is 0 Å². The van der Waals surface area contributed by atoms with Crippen LogP contribution in [0.4, 0.5) is 0 Å². The molecular formula is C15H17NO3S. The first-order valence-corrected chi connectivity index (χ1v) is 7.35. The van der Waals surface area contributed by atoms with Crippen molar-refractivity contribution in [1.29, 1.82) is 0 Å². The lowest BCUT2D eigenvalue weighted by Gasteiger charge is -2.05. The first-order valence-electron chi connectivity index (χ1n) is 6.47. The molecule has 0 aliphatic rings. The largest absolute Gasteiger partial charge is 0.487 e. The predicted octanol–water partition coefficient (Wildman–Crippen LogP) is 3.46. The number of aryl methyl sites for hydroxylation is 1. The van der Waals surface area contributed by atoms with Gasteiger partial charge in [0.2, 0.25) is 0 Å². The van der Waals surface area contributed by atoms with Gasteiger partial charge in [-0.15, -0.1) is 11.3 Å². The van der Waals surface area contributed by atoms with Crippen LogP contribution in [0.1, 0.15) is 34.4 Å². The summed E-state index contributed by atoms with van der Waals surface area (Å²) in [4.78, 5) is 15.8. The van der Waals surface area contributed by atoms with E-state index in [0.717, 1.165) is 23.5 Å². The van der Waals surface area contributed by atoms with Crippen molar-refractivity contribution in [2.75, 3.05) is 7.11 Å². The predicted molar refractivity (Wildman–Crippen MR) is 78.2 cm³/mol. The summed E-state index contributed by atoms with van der Waals surface area (Å²) in [6.45, 7) is 2.58. The van der Waals surface area contributed by atoms with E-state index in [1.165, 1.54) is 7.11 Å². The van der Waals surface area contributed by atoms with Crippen LogP contribution in [0.25, 0.3) is 0 Å². The molecule has 0 N–H and O–H groups in total.